The number of rotatable bonds is 5. The molecule has 5 rings (SSSR count). The van der Waals surface area contributed by atoms with Crippen molar-refractivity contribution in [3.63, 3.8) is 0 Å². The molecule has 0 saturated carbocycles. The molecule has 0 aliphatic carbocycles. The van der Waals surface area contributed by atoms with E-state index in [1.165, 1.54) is 21.4 Å². The van der Waals surface area contributed by atoms with Gasteiger partial charge in [0.2, 0.25) is 5.91 Å². The minimum atomic E-state index is -0.360. The summed E-state index contributed by atoms with van der Waals surface area (Å²) in [6.07, 6.45) is 4.30. The van der Waals surface area contributed by atoms with Gasteiger partial charge in [0.25, 0.3) is 11.5 Å². The van der Waals surface area contributed by atoms with Crippen molar-refractivity contribution in [2.24, 2.45) is 11.7 Å². The highest BCUT2D eigenvalue weighted by Gasteiger charge is 2.33. The number of thioether (sulfide) groups is 1. The highest BCUT2D eigenvalue weighted by molar-refractivity contribution is 8.26. The Balaban J connectivity index is 1.51. The molecule has 2 amide bonds. The summed E-state index contributed by atoms with van der Waals surface area (Å²) < 4.78 is 15.1. The average molecular weight is 524 g/mol. The van der Waals surface area contributed by atoms with Gasteiger partial charge in [0.1, 0.15) is 21.6 Å². The lowest BCUT2D eigenvalue weighted by Crippen LogP contribution is -2.40. The van der Waals surface area contributed by atoms with Crippen molar-refractivity contribution in [3.05, 3.63) is 80.9 Å². The van der Waals surface area contributed by atoms with Crippen molar-refractivity contribution >= 4 is 57.7 Å². The first kappa shape index (κ1) is 24.1. The van der Waals surface area contributed by atoms with Crippen LogP contribution in [0.4, 0.5) is 10.2 Å². The van der Waals surface area contributed by atoms with Crippen molar-refractivity contribution in [2.75, 3.05) is 18.0 Å². The van der Waals surface area contributed by atoms with Crippen LogP contribution in [0.15, 0.2) is 58.4 Å². The Hall–Kier alpha value is -3.57. The van der Waals surface area contributed by atoms with E-state index in [4.69, 9.17) is 22.9 Å². The summed E-state index contributed by atoms with van der Waals surface area (Å²) in [5, 5.41) is 0. The number of aromatic nitrogens is 2. The van der Waals surface area contributed by atoms with Crippen LogP contribution in [-0.2, 0) is 16.1 Å². The van der Waals surface area contributed by atoms with E-state index in [-0.39, 0.29) is 41.2 Å². The van der Waals surface area contributed by atoms with Gasteiger partial charge < -0.3 is 10.6 Å². The van der Waals surface area contributed by atoms with Gasteiger partial charge in [0.05, 0.1) is 17.0 Å². The summed E-state index contributed by atoms with van der Waals surface area (Å²) in [7, 11) is 0. The normalized spacial score (nSPS) is 18.0. The minimum absolute atomic E-state index is 0.199. The molecule has 1 aromatic carbocycles. The molecule has 2 saturated heterocycles. The Morgan fingerprint density at radius 1 is 1.17 bits per heavy atom. The zero-order chi connectivity index (χ0) is 25.4. The summed E-state index contributed by atoms with van der Waals surface area (Å²) in [6, 6.07) is 11.1. The topological polar surface area (TPSA) is 101 Å². The number of anilines is 1. The van der Waals surface area contributed by atoms with E-state index in [1.54, 1.807) is 42.6 Å². The van der Waals surface area contributed by atoms with E-state index in [0.717, 1.165) is 17.3 Å². The molecule has 0 spiro atoms. The van der Waals surface area contributed by atoms with Gasteiger partial charge in [0.15, 0.2) is 0 Å². The van der Waals surface area contributed by atoms with Crippen molar-refractivity contribution in [3.8, 4) is 0 Å². The number of primary amides is 1. The van der Waals surface area contributed by atoms with E-state index in [9.17, 15) is 18.8 Å². The molecule has 2 aliphatic heterocycles. The number of fused-ring (bicyclic) bond motifs is 1. The molecule has 36 heavy (non-hydrogen) atoms. The molecule has 0 unspecified atom stereocenters. The molecule has 0 bridgehead atoms. The number of nitrogens with zero attached hydrogens (tertiary/aromatic N) is 4. The van der Waals surface area contributed by atoms with Crippen LogP contribution in [0, 0.1) is 11.7 Å². The van der Waals surface area contributed by atoms with Crippen LogP contribution in [0.3, 0.4) is 0 Å². The molecule has 3 aromatic rings. The van der Waals surface area contributed by atoms with Crippen LogP contribution in [-0.4, -0.2) is 43.5 Å². The first-order chi connectivity index (χ1) is 17.3. The molecular formula is C25H22FN5O3S2. The number of carbonyl (C=O) groups excluding carboxylic acids is 2. The third kappa shape index (κ3) is 4.63. The van der Waals surface area contributed by atoms with Gasteiger partial charge in [0, 0.05) is 25.2 Å². The number of halogens is 1. The first-order valence-electron chi connectivity index (χ1n) is 11.4. The van der Waals surface area contributed by atoms with Gasteiger partial charge in [-0.3, -0.25) is 23.7 Å². The summed E-state index contributed by atoms with van der Waals surface area (Å²) in [5.41, 5.74) is 6.67. The highest BCUT2D eigenvalue weighted by atomic mass is 32.2. The van der Waals surface area contributed by atoms with E-state index < -0.39 is 0 Å². The van der Waals surface area contributed by atoms with Crippen LogP contribution in [0.1, 0.15) is 24.0 Å². The lowest BCUT2D eigenvalue weighted by molar-refractivity contribution is -0.123. The fourth-order valence-corrected chi connectivity index (χ4v) is 5.61. The molecule has 8 nitrogen and oxygen atoms in total. The number of piperidine rings is 1. The molecule has 2 fully saturated rings. The second-order valence-corrected chi connectivity index (χ2v) is 10.3. The molecule has 0 atom stereocenters. The second kappa shape index (κ2) is 9.82. The molecule has 4 heterocycles. The van der Waals surface area contributed by atoms with Crippen LogP contribution >= 0.6 is 24.0 Å². The molecule has 2 aliphatic rings. The minimum Gasteiger partial charge on any atom is -0.369 e. The SMILES string of the molecule is NC(=O)C1CCN(c2nc3ccccn3c(=O)c2/C=C2\SC(=S)N(Cc3ccc(F)cc3)C2=O)CC1. The van der Waals surface area contributed by atoms with E-state index in [1.807, 2.05) is 4.90 Å². The third-order valence-electron chi connectivity index (χ3n) is 6.35. The Labute approximate surface area is 215 Å². The quantitative estimate of drug-likeness (QED) is 0.405. The Morgan fingerprint density at radius 2 is 1.89 bits per heavy atom. The number of pyridine rings is 1. The lowest BCUT2D eigenvalue weighted by atomic mass is 9.96. The monoisotopic (exact) mass is 523 g/mol. The largest absolute Gasteiger partial charge is 0.369 e. The molecule has 11 heteroatoms. The molecule has 184 valence electrons. The predicted octanol–water partition coefficient (Wildman–Crippen LogP) is 2.94. The number of carbonyl (C=O) groups is 2. The van der Waals surface area contributed by atoms with E-state index >= 15 is 0 Å². The van der Waals surface area contributed by atoms with Crippen LogP contribution < -0.4 is 16.2 Å². The standard InChI is InChI=1S/C25H22FN5O3S2/c26-17-6-4-15(5-7-17)14-31-24(34)19(36-25(31)35)13-18-22(29-11-8-16(9-12-29)21(27)32)28-20-3-1-2-10-30(20)23(18)33/h1-7,10,13,16H,8-9,11-12,14H2,(H2,27,32)/b19-13-. The Morgan fingerprint density at radius 3 is 2.58 bits per heavy atom. The summed E-state index contributed by atoms with van der Waals surface area (Å²) in [5.74, 6) is -0.774. The average Bonchev–Trinajstić information content (AvgIpc) is 3.14. The Kier molecular flexibility index (Phi) is 6.59. The van der Waals surface area contributed by atoms with Crippen LogP contribution in [0.5, 0.6) is 0 Å². The fraction of sp³-hybridized carbons (Fsp3) is 0.240. The fourth-order valence-electron chi connectivity index (χ4n) is 4.37. The van der Waals surface area contributed by atoms with Crippen LogP contribution in [0.2, 0.25) is 0 Å². The van der Waals surface area contributed by atoms with Crippen LogP contribution in [0.25, 0.3) is 11.7 Å². The number of nitrogens with two attached hydrogens (primary N) is 1. The third-order valence-corrected chi connectivity index (χ3v) is 7.73. The molecule has 0 radical (unpaired) electrons. The number of benzene rings is 1. The summed E-state index contributed by atoms with van der Waals surface area (Å²) in [4.78, 5) is 46.8. The maximum atomic E-state index is 13.5. The number of thiocarbonyl (C=S) groups is 1. The maximum Gasteiger partial charge on any atom is 0.267 e. The Bertz CT molecular complexity index is 1460. The second-order valence-electron chi connectivity index (χ2n) is 8.64. The smallest absolute Gasteiger partial charge is 0.267 e. The molecular weight excluding hydrogens is 501 g/mol. The van der Waals surface area contributed by atoms with Gasteiger partial charge in [-0.05, 0) is 48.7 Å². The van der Waals surface area contributed by atoms with Crippen molar-refractivity contribution in [1.82, 2.24) is 14.3 Å². The number of hydrogen-bond acceptors (Lipinski definition) is 7. The van der Waals surface area contributed by atoms with Crippen molar-refractivity contribution < 1.29 is 14.0 Å². The van der Waals surface area contributed by atoms with Gasteiger partial charge in [-0.2, -0.15) is 0 Å². The van der Waals surface area contributed by atoms with E-state index in [0.29, 0.717) is 46.6 Å². The van der Waals surface area contributed by atoms with Gasteiger partial charge in [-0.15, -0.1) is 0 Å². The zero-order valence-electron chi connectivity index (χ0n) is 19.1. The van der Waals surface area contributed by atoms with Gasteiger partial charge >= 0.3 is 0 Å². The van der Waals surface area contributed by atoms with E-state index in [2.05, 4.69) is 0 Å². The molecule has 2 aromatic heterocycles. The molecule has 2 N–H and O–H groups in total. The number of hydrogen-bond donors (Lipinski definition) is 1. The summed E-state index contributed by atoms with van der Waals surface area (Å²) >= 11 is 6.55. The number of amides is 2. The lowest BCUT2D eigenvalue weighted by Gasteiger charge is -2.32. The maximum absolute atomic E-state index is 13.5. The first-order valence-corrected chi connectivity index (χ1v) is 12.6. The summed E-state index contributed by atoms with van der Waals surface area (Å²) in [6.45, 7) is 1.22. The van der Waals surface area contributed by atoms with Gasteiger partial charge in [-0.25, -0.2) is 9.37 Å². The predicted molar refractivity (Wildman–Crippen MR) is 141 cm³/mol. The van der Waals surface area contributed by atoms with Crippen molar-refractivity contribution in [1.29, 1.82) is 0 Å². The van der Waals surface area contributed by atoms with Gasteiger partial charge in [-0.1, -0.05) is 42.2 Å². The zero-order valence-corrected chi connectivity index (χ0v) is 20.7. The highest BCUT2D eigenvalue weighted by Crippen LogP contribution is 2.35. The van der Waals surface area contributed by atoms with Crippen molar-refractivity contribution in [2.45, 2.75) is 19.4 Å².